The molecule has 0 fully saturated rings. The van der Waals surface area contributed by atoms with Crippen LogP contribution in [0.4, 0.5) is 0 Å². The number of esters is 1. The average Bonchev–Trinajstić information content (AvgIpc) is 3.88. The molecule has 0 spiro atoms. The maximum Gasteiger partial charge on any atom is 0.519 e. The van der Waals surface area contributed by atoms with Crippen LogP contribution in [-0.4, -0.2) is 35.7 Å². The van der Waals surface area contributed by atoms with Gasteiger partial charge in [-0.25, -0.2) is 24.0 Å². The highest BCUT2D eigenvalue weighted by atomic mass is 16.6. The Kier molecular flexibility index (Phi) is 8.81. The van der Waals surface area contributed by atoms with Crippen LogP contribution in [0.1, 0.15) is 64.6 Å². The number of nitrogens with zero attached hydrogens (tertiary/aromatic N) is 6. The Hall–Kier alpha value is -6.31. The van der Waals surface area contributed by atoms with Gasteiger partial charge < -0.3 is 27.0 Å². The van der Waals surface area contributed by atoms with Gasteiger partial charge in [-0.05, 0) is 59.5 Å². The van der Waals surface area contributed by atoms with E-state index in [-0.39, 0.29) is 24.7 Å². The van der Waals surface area contributed by atoms with Crippen molar-refractivity contribution in [1.82, 2.24) is 29.8 Å². The van der Waals surface area contributed by atoms with Crippen LogP contribution in [0.15, 0.2) is 94.0 Å². The molecule has 0 saturated heterocycles. The number of fused-ring (bicyclic) bond motifs is 1. The Balaban J connectivity index is 1.18. The van der Waals surface area contributed by atoms with Crippen molar-refractivity contribution in [3.8, 4) is 22.5 Å². The molecule has 0 N–H and O–H groups in total. The fourth-order valence-corrected chi connectivity index (χ4v) is 5.87. The molecule has 50 heavy (non-hydrogen) atoms. The first-order valence-electron chi connectivity index (χ1n) is 16.1. The smallest absolute Gasteiger partial charge is 0.454 e. The van der Waals surface area contributed by atoms with E-state index in [9.17, 15) is 14.4 Å². The number of imidazole rings is 1. The first kappa shape index (κ1) is 32.2. The van der Waals surface area contributed by atoms with E-state index in [2.05, 4.69) is 27.0 Å². The van der Waals surface area contributed by atoms with Gasteiger partial charge in [-0.1, -0.05) is 67.9 Å². The van der Waals surface area contributed by atoms with E-state index in [4.69, 9.17) is 27.4 Å². The van der Waals surface area contributed by atoms with Crippen LogP contribution in [-0.2, 0) is 30.9 Å². The zero-order chi connectivity index (χ0) is 34.8. The van der Waals surface area contributed by atoms with E-state index in [1.54, 1.807) is 30.7 Å². The van der Waals surface area contributed by atoms with Crippen LogP contribution in [0.25, 0.3) is 33.5 Å². The molecular weight excluding hydrogens is 644 g/mol. The quantitative estimate of drug-likeness (QED) is 0.141. The summed E-state index contributed by atoms with van der Waals surface area (Å²) in [5, 5.41) is 12.3. The van der Waals surface area contributed by atoms with E-state index in [1.165, 1.54) is 0 Å². The number of carbonyl (C=O) groups is 1. The number of ether oxygens (including phenoxy) is 1. The minimum absolute atomic E-state index is 0.126. The summed E-state index contributed by atoms with van der Waals surface area (Å²) in [5.41, 5.74) is 5.35. The van der Waals surface area contributed by atoms with Gasteiger partial charge in [-0.15, -0.1) is 5.10 Å². The predicted molar refractivity (Wildman–Crippen MR) is 178 cm³/mol. The number of tetrazole rings is 1. The van der Waals surface area contributed by atoms with Crippen molar-refractivity contribution in [1.29, 1.82) is 0 Å². The number of hydrogen-bond donors (Lipinski definition) is 0. The normalized spacial score (nSPS) is 11.4. The highest BCUT2D eigenvalue weighted by Crippen LogP contribution is 2.32. The minimum atomic E-state index is -0.847. The van der Waals surface area contributed by atoms with Crippen LogP contribution in [0, 0.1) is 13.8 Å². The van der Waals surface area contributed by atoms with Crippen LogP contribution in [0.3, 0.4) is 0 Å². The minimum Gasteiger partial charge on any atom is -0.454 e. The molecule has 14 nitrogen and oxygen atoms in total. The van der Waals surface area contributed by atoms with E-state index in [0.29, 0.717) is 40.5 Å². The molecule has 254 valence electrons. The van der Waals surface area contributed by atoms with Crippen LogP contribution in [0.2, 0.25) is 0 Å². The third-order valence-electron chi connectivity index (χ3n) is 8.42. The fraction of sp³-hybridized carbons (Fsp3) is 0.250. The first-order chi connectivity index (χ1) is 24.3. The third-order valence-corrected chi connectivity index (χ3v) is 8.42. The van der Waals surface area contributed by atoms with Crippen LogP contribution < -0.4 is 11.6 Å². The zero-order valence-corrected chi connectivity index (χ0v) is 27.5. The second-order valence-corrected chi connectivity index (χ2v) is 11.7. The van der Waals surface area contributed by atoms with Gasteiger partial charge in [0.2, 0.25) is 0 Å². The van der Waals surface area contributed by atoms with Gasteiger partial charge in [0.1, 0.15) is 18.1 Å². The number of para-hydroxylation sites is 1. The molecule has 7 aromatic rings. The van der Waals surface area contributed by atoms with Crippen molar-refractivity contribution < 1.29 is 27.2 Å². The largest absolute Gasteiger partial charge is 0.519 e. The van der Waals surface area contributed by atoms with E-state index < -0.39 is 17.6 Å². The molecule has 3 aromatic carbocycles. The van der Waals surface area contributed by atoms with Crippen molar-refractivity contribution >= 4 is 17.0 Å². The summed E-state index contributed by atoms with van der Waals surface area (Å²) in [5.74, 6) is 0.305. The molecule has 0 saturated carbocycles. The van der Waals surface area contributed by atoms with Gasteiger partial charge in [0.05, 0.1) is 16.6 Å². The lowest BCUT2D eigenvalue weighted by molar-refractivity contribution is 0.0444. The Morgan fingerprint density at radius 3 is 2.24 bits per heavy atom. The number of carbonyl (C=O) groups excluding carboxylic acids is 1. The second-order valence-electron chi connectivity index (χ2n) is 11.7. The molecule has 7 rings (SSSR count). The molecule has 0 aliphatic heterocycles. The summed E-state index contributed by atoms with van der Waals surface area (Å²) >= 11 is 0. The van der Waals surface area contributed by atoms with E-state index in [1.807, 2.05) is 54.6 Å². The number of unbranched alkanes of at least 4 members (excludes halogenated alkanes) is 1. The molecule has 0 bridgehead atoms. The summed E-state index contributed by atoms with van der Waals surface area (Å²) < 4.78 is 29.2. The molecule has 0 atom stereocenters. The van der Waals surface area contributed by atoms with Crippen molar-refractivity contribution in [2.45, 2.75) is 59.7 Å². The summed E-state index contributed by atoms with van der Waals surface area (Å²) in [4.78, 5) is 41.4. The summed E-state index contributed by atoms with van der Waals surface area (Å²) in [6.07, 6.45) is 2.66. The van der Waals surface area contributed by atoms with Crippen LogP contribution in [0.5, 0.6) is 0 Å². The standard InChI is InChI=1S/C36H32N6O8/c1-4-5-13-31-37-28-12-8-11-27(34(43)46-20-30-22(3)48-36(45)50-30)32(28)41(31)18-23-14-16-24(17-15-23)25-9-6-7-10-26(25)33-38-39-40-42(33)19-29-21(2)47-35(44)49-29/h6-12,14-17H,4-5,13,18-20H2,1-3H3. The molecule has 0 aliphatic carbocycles. The summed E-state index contributed by atoms with van der Waals surface area (Å²) in [6, 6.07) is 21.3. The van der Waals surface area contributed by atoms with Crippen molar-refractivity contribution in [2.75, 3.05) is 0 Å². The van der Waals surface area contributed by atoms with E-state index >= 15 is 0 Å². The third kappa shape index (κ3) is 6.42. The molecule has 0 aliphatic rings. The summed E-state index contributed by atoms with van der Waals surface area (Å²) in [7, 11) is 0. The lowest BCUT2D eigenvalue weighted by Crippen LogP contribution is -2.11. The fourth-order valence-electron chi connectivity index (χ4n) is 5.87. The van der Waals surface area contributed by atoms with Crippen molar-refractivity contribution in [3.05, 3.63) is 128 Å². The molecular formula is C36H32N6O8. The van der Waals surface area contributed by atoms with E-state index in [0.717, 1.165) is 47.3 Å². The second kappa shape index (κ2) is 13.7. The number of aromatic nitrogens is 6. The lowest BCUT2D eigenvalue weighted by Gasteiger charge is -2.13. The monoisotopic (exact) mass is 676 g/mol. The Labute approximate surface area is 283 Å². The maximum atomic E-state index is 13.4. The average molecular weight is 677 g/mol. The van der Waals surface area contributed by atoms with Crippen molar-refractivity contribution in [2.24, 2.45) is 0 Å². The Morgan fingerprint density at radius 1 is 0.820 bits per heavy atom. The number of aryl methyl sites for hydroxylation is 3. The van der Waals surface area contributed by atoms with Gasteiger partial charge in [0.15, 0.2) is 29.7 Å². The molecule has 0 radical (unpaired) electrons. The molecule has 4 aromatic heterocycles. The molecule has 0 amide bonds. The SMILES string of the molecule is CCCCc1nc2cccc(C(=O)OCc3oc(=O)oc3C)c2n1Cc1ccc(-c2ccccc2-c2nnnn2Cc2oc(=O)oc2C)cc1. The highest BCUT2D eigenvalue weighted by Gasteiger charge is 2.22. The van der Waals surface area contributed by atoms with Gasteiger partial charge in [-0.2, -0.15) is 0 Å². The maximum absolute atomic E-state index is 13.4. The highest BCUT2D eigenvalue weighted by molar-refractivity contribution is 6.02. The number of rotatable bonds is 12. The predicted octanol–water partition coefficient (Wildman–Crippen LogP) is 5.86. The number of benzene rings is 3. The van der Waals surface area contributed by atoms with Crippen molar-refractivity contribution in [3.63, 3.8) is 0 Å². The first-order valence-corrected chi connectivity index (χ1v) is 16.1. The number of hydrogen-bond acceptors (Lipinski definition) is 12. The van der Waals surface area contributed by atoms with Gasteiger partial charge in [0, 0.05) is 18.5 Å². The molecule has 4 heterocycles. The van der Waals surface area contributed by atoms with Gasteiger partial charge in [-0.3, -0.25) is 0 Å². The topological polar surface area (TPSA) is 174 Å². The zero-order valence-electron chi connectivity index (χ0n) is 27.5. The molecule has 14 heteroatoms. The van der Waals surface area contributed by atoms with Crippen LogP contribution >= 0.6 is 0 Å². The summed E-state index contributed by atoms with van der Waals surface area (Å²) in [6.45, 7) is 5.70. The lowest BCUT2D eigenvalue weighted by atomic mass is 9.98. The van der Waals surface area contributed by atoms with Gasteiger partial charge in [0.25, 0.3) is 0 Å². The molecule has 0 unspecified atom stereocenters. The Morgan fingerprint density at radius 2 is 1.54 bits per heavy atom. The van der Waals surface area contributed by atoms with Gasteiger partial charge >= 0.3 is 17.6 Å². The Bertz CT molecular complexity index is 2420.